The van der Waals surface area contributed by atoms with Gasteiger partial charge < -0.3 is 5.73 Å². The third-order valence-electron chi connectivity index (χ3n) is 1.89. The monoisotopic (exact) mass is 189 g/mol. The molecule has 2 nitrogen and oxygen atoms in total. The molecule has 14 heavy (non-hydrogen) atoms. The van der Waals surface area contributed by atoms with Gasteiger partial charge in [-0.3, -0.25) is 4.79 Å². The van der Waals surface area contributed by atoms with Crippen LogP contribution < -0.4 is 5.73 Å². The molecule has 0 radical (unpaired) electrons. The molecule has 0 heterocycles. The van der Waals surface area contributed by atoms with Crippen molar-refractivity contribution in [1.29, 1.82) is 0 Å². The standard InChI is InChI=1S/C12H15NO/c1-10(13)9-12(14)8-7-11-5-3-2-4-6-11/h2-6,9H,7-8,13H2,1H3. The van der Waals surface area contributed by atoms with Gasteiger partial charge in [0.2, 0.25) is 0 Å². The molecule has 1 rings (SSSR count). The van der Waals surface area contributed by atoms with E-state index in [0.717, 1.165) is 6.42 Å². The predicted molar refractivity (Wildman–Crippen MR) is 57.7 cm³/mol. The number of hydrogen-bond acceptors (Lipinski definition) is 2. The van der Waals surface area contributed by atoms with E-state index in [2.05, 4.69) is 0 Å². The van der Waals surface area contributed by atoms with Gasteiger partial charge in [0.15, 0.2) is 5.78 Å². The quantitative estimate of drug-likeness (QED) is 0.737. The summed E-state index contributed by atoms with van der Waals surface area (Å²) in [4.78, 5) is 11.3. The molecule has 0 saturated carbocycles. The van der Waals surface area contributed by atoms with Crippen LogP contribution in [0.3, 0.4) is 0 Å². The van der Waals surface area contributed by atoms with Crippen LogP contribution in [0.2, 0.25) is 0 Å². The molecule has 0 aliphatic carbocycles. The van der Waals surface area contributed by atoms with Gasteiger partial charge in [-0.2, -0.15) is 0 Å². The van der Waals surface area contributed by atoms with E-state index in [-0.39, 0.29) is 5.78 Å². The van der Waals surface area contributed by atoms with E-state index in [9.17, 15) is 4.79 Å². The van der Waals surface area contributed by atoms with Crippen LogP contribution in [0.25, 0.3) is 0 Å². The minimum atomic E-state index is 0.0915. The second-order valence-electron chi connectivity index (χ2n) is 3.34. The van der Waals surface area contributed by atoms with Crippen LogP contribution in [-0.2, 0) is 11.2 Å². The molecule has 0 unspecified atom stereocenters. The van der Waals surface area contributed by atoms with Crippen LogP contribution in [0.1, 0.15) is 18.9 Å². The molecule has 0 saturated heterocycles. The van der Waals surface area contributed by atoms with Gasteiger partial charge in [0.05, 0.1) is 0 Å². The number of carbonyl (C=O) groups excluding carboxylic acids is 1. The van der Waals surface area contributed by atoms with Gasteiger partial charge >= 0.3 is 0 Å². The zero-order valence-corrected chi connectivity index (χ0v) is 8.36. The van der Waals surface area contributed by atoms with Crippen molar-refractivity contribution < 1.29 is 4.79 Å². The normalized spacial score (nSPS) is 11.4. The molecule has 0 atom stereocenters. The highest BCUT2D eigenvalue weighted by Crippen LogP contribution is 2.03. The van der Waals surface area contributed by atoms with E-state index >= 15 is 0 Å². The Hall–Kier alpha value is -1.57. The molecule has 0 aliphatic heterocycles. The van der Waals surface area contributed by atoms with Crippen LogP contribution in [0.4, 0.5) is 0 Å². The van der Waals surface area contributed by atoms with Crippen molar-refractivity contribution in [3.8, 4) is 0 Å². The maximum Gasteiger partial charge on any atom is 0.157 e. The van der Waals surface area contributed by atoms with Crippen LogP contribution in [0.5, 0.6) is 0 Å². The fourth-order valence-corrected chi connectivity index (χ4v) is 1.24. The van der Waals surface area contributed by atoms with Crippen LogP contribution in [0, 0.1) is 0 Å². The Labute approximate surface area is 84.4 Å². The van der Waals surface area contributed by atoms with Crippen LogP contribution in [0.15, 0.2) is 42.1 Å². The molecule has 74 valence electrons. The van der Waals surface area contributed by atoms with Crippen molar-refractivity contribution in [2.75, 3.05) is 0 Å². The van der Waals surface area contributed by atoms with E-state index in [1.165, 1.54) is 11.6 Å². The lowest BCUT2D eigenvalue weighted by Crippen LogP contribution is -2.00. The zero-order valence-electron chi connectivity index (χ0n) is 8.36. The molecule has 1 aromatic carbocycles. The lowest BCUT2D eigenvalue weighted by atomic mass is 10.1. The summed E-state index contributed by atoms with van der Waals surface area (Å²) in [7, 11) is 0. The first-order valence-corrected chi connectivity index (χ1v) is 4.69. The SMILES string of the molecule is CC(N)=CC(=O)CCc1ccccc1. The number of hydrogen-bond donors (Lipinski definition) is 1. The van der Waals surface area contributed by atoms with Gasteiger partial charge in [-0.05, 0) is 25.0 Å². The van der Waals surface area contributed by atoms with E-state index in [1.54, 1.807) is 6.92 Å². The fourth-order valence-electron chi connectivity index (χ4n) is 1.24. The molecule has 0 amide bonds. The summed E-state index contributed by atoms with van der Waals surface area (Å²) in [6, 6.07) is 9.96. The first kappa shape index (κ1) is 10.5. The molecule has 2 heteroatoms. The summed E-state index contributed by atoms with van der Waals surface area (Å²) in [5.41, 5.74) is 7.16. The van der Waals surface area contributed by atoms with Gasteiger partial charge in [0, 0.05) is 12.1 Å². The summed E-state index contributed by atoms with van der Waals surface area (Å²) in [5, 5.41) is 0. The Morgan fingerprint density at radius 1 is 1.36 bits per heavy atom. The van der Waals surface area contributed by atoms with Gasteiger partial charge in [-0.1, -0.05) is 30.3 Å². The number of carbonyl (C=O) groups is 1. The first-order chi connectivity index (χ1) is 6.68. The number of aryl methyl sites for hydroxylation is 1. The van der Waals surface area contributed by atoms with E-state index in [4.69, 9.17) is 5.73 Å². The molecule has 2 N–H and O–H groups in total. The summed E-state index contributed by atoms with van der Waals surface area (Å²) < 4.78 is 0. The highest BCUT2D eigenvalue weighted by atomic mass is 16.1. The Bertz CT molecular complexity index is 323. The number of benzene rings is 1. The van der Waals surface area contributed by atoms with Gasteiger partial charge in [0.1, 0.15) is 0 Å². The summed E-state index contributed by atoms with van der Waals surface area (Å²) in [5.74, 6) is 0.0915. The van der Waals surface area contributed by atoms with Gasteiger partial charge in [-0.25, -0.2) is 0 Å². The third-order valence-corrected chi connectivity index (χ3v) is 1.89. The largest absolute Gasteiger partial charge is 0.402 e. The molecule has 0 aromatic heterocycles. The van der Waals surface area contributed by atoms with Crippen molar-refractivity contribution in [2.24, 2.45) is 5.73 Å². The fraction of sp³-hybridized carbons (Fsp3) is 0.250. The second kappa shape index (κ2) is 5.22. The highest BCUT2D eigenvalue weighted by molar-refractivity contribution is 5.90. The van der Waals surface area contributed by atoms with Crippen molar-refractivity contribution in [3.05, 3.63) is 47.7 Å². The molecular weight excluding hydrogens is 174 g/mol. The Morgan fingerprint density at radius 2 is 2.00 bits per heavy atom. The van der Waals surface area contributed by atoms with Crippen molar-refractivity contribution >= 4 is 5.78 Å². The summed E-state index contributed by atoms with van der Waals surface area (Å²) in [6.07, 6.45) is 2.80. The molecule has 0 spiro atoms. The predicted octanol–water partition coefficient (Wildman–Crippen LogP) is 2.05. The molecule has 1 aromatic rings. The number of rotatable bonds is 4. The Balaban J connectivity index is 2.42. The maximum absolute atomic E-state index is 11.3. The topological polar surface area (TPSA) is 43.1 Å². The lowest BCUT2D eigenvalue weighted by Gasteiger charge is -1.98. The van der Waals surface area contributed by atoms with E-state index in [0.29, 0.717) is 12.1 Å². The Kier molecular flexibility index (Phi) is 3.92. The minimum Gasteiger partial charge on any atom is -0.402 e. The average Bonchev–Trinajstić information content (AvgIpc) is 2.15. The van der Waals surface area contributed by atoms with Crippen LogP contribution >= 0.6 is 0 Å². The minimum absolute atomic E-state index is 0.0915. The van der Waals surface area contributed by atoms with Crippen molar-refractivity contribution in [1.82, 2.24) is 0 Å². The Morgan fingerprint density at radius 3 is 2.57 bits per heavy atom. The number of nitrogens with two attached hydrogens (primary N) is 1. The average molecular weight is 189 g/mol. The van der Waals surface area contributed by atoms with E-state index < -0.39 is 0 Å². The molecule has 0 bridgehead atoms. The van der Waals surface area contributed by atoms with E-state index in [1.807, 2.05) is 30.3 Å². The molecule has 0 fully saturated rings. The zero-order chi connectivity index (χ0) is 10.4. The number of allylic oxidation sites excluding steroid dienone is 2. The summed E-state index contributed by atoms with van der Waals surface area (Å²) >= 11 is 0. The maximum atomic E-state index is 11.3. The summed E-state index contributed by atoms with van der Waals surface area (Å²) in [6.45, 7) is 1.72. The first-order valence-electron chi connectivity index (χ1n) is 4.69. The smallest absolute Gasteiger partial charge is 0.157 e. The van der Waals surface area contributed by atoms with Gasteiger partial charge in [0.25, 0.3) is 0 Å². The molecular formula is C12H15NO. The number of ketones is 1. The van der Waals surface area contributed by atoms with Crippen molar-refractivity contribution in [3.63, 3.8) is 0 Å². The van der Waals surface area contributed by atoms with Gasteiger partial charge in [-0.15, -0.1) is 0 Å². The second-order valence-corrected chi connectivity index (χ2v) is 3.34. The third kappa shape index (κ3) is 3.90. The van der Waals surface area contributed by atoms with Crippen molar-refractivity contribution in [2.45, 2.75) is 19.8 Å². The lowest BCUT2D eigenvalue weighted by molar-refractivity contribution is -0.114. The molecule has 0 aliphatic rings. The van der Waals surface area contributed by atoms with Crippen LogP contribution in [-0.4, -0.2) is 5.78 Å². The highest BCUT2D eigenvalue weighted by Gasteiger charge is 1.98.